The Morgan fingerprint density at radius 2 is 1.60 bits per heavy atom. The van der Waals surface area contributed by atoms with Gasteiger partial charge >= 0.3 is 0 Å². The first-order valence-electron chi connectivity index (χ1n) is 13.9. The van der Waals surface area contributed by atoms with Crippen molar-refractivity contribution in [2.24, 2.45) is 4.99 Å². The topological polar surface area (TPSA) is 82.5 Å². The number of rotatable bonds is 9. The van der Waals surface area contributed by atoms with Crippen molar-refractivity contribution in [1.29, 1.82) is 0 Å². The fraction of sp³-hybridized carbons (Fsp3) is 0.323. The van der Waals surface area contributed by atoms with Crippen LogP contribution < -0.4 is 4.74 Å². The summed E-state index contributed by atoms with van der Waals surface area (Å²) in [4.78, 5) is 49.3. The summed E-state index contributed by atoms with van der Waals surface area (Å²) >= 11 is 8.17. The van der Waals surface area contributed by atoms with Gasteiger partial charge in [-0.2, -0.15) is 4.99 Å². The molecule has 0 bridgehead atoms. The first-order chi connectivity index (χ1) is 20.4. The van der Waals surface area contributed by atoms with E-state index in [1.54, 1.807) is 12.0 Å². The van der Waals surface area contributed by atoms with Crippen LogP contribution in [0.15, 0.2) is 69.4 Å². The van der Waals surface area contributed by atoms with Crippen LogP contribution in [0.4, 0.5) is 0 Å². The van der Waals surface area contributed by atoms with Gasteiger partial charge in [0.1, 0.15) is 10.1 Å². The van der Waals surface area contributed by atoms with E-state index in [4.69, 9.17) is 17.0 Å². The van der Waals surface area contributed by atoms with Crippen molar-refractivity contribution in [3.05, 3.63) is 75.5 Å². The normalized spacial score (nSPS) is 19.3. The monoisotopic (exact) mass is 620 g/mol. The summed E-state index contributed by atoms with van der Waals surface area (Å²) < 4.78 is 5.78. The van der Waals surface area contributed by atoms with E-state index < -0.39 is 0 Å². The van der Waals surface area contributed by atoms with Gasteiger partial charge in [-0.15, -0.1) is 0 Å². The molecule has 42 heavy (non-hydrogen) atoms. The van der Waals surface area contributed by atoms with E-state index in [9.17, 15) is 14.4 Å². The van der Waals surface area contributed by atoms with Crippen molar-refractivity contribution in [2.75, 3.05) is 39.8 Å². The van der Waals surface area contributed by atoms with Crippen LogP contribution in [0.5, 0.6) is 5.75 Å². The van der Waals surface area contributed by atoms with Crippen LogP contribution >= 0.6 is 35.7 Å². The summed E-state index contributed by atoms with van der Waals surface area (Å²) in [6.07, 6.45) is 6.61. The van der Waals surface area contributed by atoms with Gasteiger partial charge in [-0.05, 0) is 60.0 Å². The molecule has 0 unspecified atom stereocenters. The predicted octanol–water partition coefficient (Wildman–Crippen LogP) is 5.27. The van der Waals surface area contributed by atoms with Crippen LogP contribution in [0.2, 0.25) is 0 Å². The summed E-state index contributed by atoms with van der Waals surface area (Å²) in [6, 6.07) is 17.3. The highest BCUT2D eigenvalue weighted by Gasteiger charge is 2.32. The molecule has 11 heteroatoms. The van der Waals surface area contributed by atoms with Gasteiger partial charge in [0.2, 0.25) is 5.91 Å². The third-order valence-corrected chi connectivity index (χ3v) is 9.59. The second-order valence-electron chi connectivity index (χ2n) is 10.0. The molecule has 3 aliphatic rings. The first-order valence-corrected chi connectivity index (χ1v) is 15.9. The summed E-state index contributed by atoms with van der Waals surface area (Å²) in [5, 5.41) is 0.696. The number of unbranched alkanes of at least 4 members (excludes halogenated alkanes) is 2. The molecule has 0 atom stereocenters. The number of hydrogen-bond donors (Lipinski definition) is 0. The number of benzene rings is 2. The van der Waals surface area contributed by atoms with E-state index >= 15 is 0 Å². The zero-order valence-electron chi connectivity index (χ0n) is 23.4. The summed E-state index contributed by atoms with van der Waals surface area (Å²) in [5.41, 5.74) is 1.89. The van der Waals surface area contributed by atoms with Gasteiger partial charge in [0.05, 0.1) is 16.9 Å². The highest BCUT2D eigenvalue weighted by atomic mass is 32.2. The molecule has 2 aromatic carbocycles. The molecular weight excluding hydrogens is 589 g/mol. The Morgan fingerprint density at radius 1 is 0.905 bits per heavy atom. The van der Waals surface area contributed by atoms with Crippen molar-refractivity contribution < 1.29 is 19.1 Å². The molecule has 0 radical (unpaired) electrons. The van der Waals surface area contributed by atoms with Crippen LogP contribution in [0.25, 0.3) is 12.2 Å². The maximum Gasteiger partial charge on any atom is 0.286 e. The van der Waals surface area contributed by atoms with Crippen LogP contribution in [-0.2, 0) is 14.4 Å². The van der Waals surface area contributed by atoms with Crippen LogP contribution in [-0.4, -0.2) is 81.7 Å². The molecule has 3 heterocycles. The Kier molecular flexibility index (Phi) is 10.1. The molecule has 5 rings (SSSR count). The molecule has 2 fully saturated rings. The average molecular weight is 621 g/mol. The second kappa shape index (κ2) is 14.2. The quantitative estimate of drug-likeness (QED) is 0.213. The van der Waals surface area contributed by atoms with E-state index in [1.807, 2.05) is 71.6 Å². The number of thioether (sulfide) groups is 2. The molecular formula is C31H32N4O4S3. The lowest BCUT2D eigenvalue weighted by Gasteiger charge is -2.35. The van der Waals surface area contributed by atoms with Gasteiger partial charge in [0.25, 0.3) is 11.8 Å². The fourth-order valence-electron chi connectivity index (χ4n) is 4.81. The summed E-state index contributed by atoms with van der Waals surface area (Å²) in [6.45, 7) is 3.07. The van der Waals surface area contributed by atoms with Crippen LogP contribution in [0.1, 0.15) is 36.8 Å². The number of nitrogens with zero attached hydrogens (tertiary/aromatic N) is 4. The third kappa shape index (κ3) is 7.50. The van der Waals surface area contributed by atoms with Gasteiger partial charge < -0.3 is 14.5 Å². The minimum atomic E-state index is -0.234. The third-order valence-electron chi connectivity index (χ3n) is 7.17. The average Bonchev–Trinajstić information content (AvgIpc) is 3.51. The Balaban J connectivity index is 1.01. The summed E-state index contributed by atoms with van der Waals surface area (Å²) in [5.74, 6) is 0.629. The Bertz CT molecular complexity index is 1430. The van der Waals surface area contributed by atoms with E-state index in [-0.39, 0.29) is 17.7 Å². The number of amides is 3. The molecule has 8 nitrogen and oxygen atoms in total. The molecule has 0 spiro atoms. The molecule has 0 aromatic heterocycles. The zero-order chi connectivity index (χ0) is 29.5. The molecule has 2 aromatic rings. The van der Waals surface area contributed by atoms with E-state index in [1.165, 1.54) is 23.5 Å². The second-order valence-corrected chi connectivity index (χ2v) is 12.7. The van der Waals surface area contributed by atoms with Crippen molar-refractivity contribution >= 4 is 75.1 Å². The van der Waals surface area contributed by atoms with Crippen molar-refractivity contribution in [1.82, 2.24) is 14.7 Å². The van der Waals surface area contributed by atoms with Crippen LogP contribution in [0.3, 0.4) is 0 Å². The van der Waals surface area contributed by atoms with Gasteiger partial charge in [-0.1, -0.05) is 72.9 Å². The number of methoxy groups -OCH3 is 1. The van der Waals surface area contributed by atoms with Gasteiger partial charge in [-0.25, -0.2) is 0 Å². The standard InChI is InChI=1S/C31H32N4O4S3/c1-39-24-13-11-23(12-14-24)20-25-28(37)32-30(41-25)34-18-16-33(17-19-34)27(36)10-6-3-7-15-35-29(38)26(42-31(35)40)21-22-8-4-2-5-9-22/h2,4-5,8-9,11-14,20-21H,3,6-7,10,15-19H2,1H3/b25-20+,26-21-. The SMILES string of the molecule is COc1ccc(/C=C2/SC(N3CCN(C(=O)CCCCCN4C(=O)/C(=C/c5ccccc5)SC4=S)CC3)=NC2=O)cc1. The fourth-order valence-corrected chi connectivity index (χ4v) is 7.08. The molecule has 218 valence electrons. The van der Waals surface area contributed by atoms with Crippen LogP contribution in [0, 0.1) is 0 Å². The molecule has 3 amide bonds. The highest BCUT2D eigenvalue weighted by Crippen LogP contribution is 2.33. The number of thiocarbonyl (C=S) groups is 1. The number of aliphatic imine (C=N–C) groups is 1. The smallest absolute Gasteiger partial charge is 0.286 e. The van der Waals surface area contributed by atoms with E-state index in [0.717, 1.165) is 36.1 Å². The first kappa shape index (κ1) is 30.1. The zero-order valence-corrected chi connectivity index (χ0v) is 25.8. The Morgan fingerprint density at radius 3 is 2.31 bits per heavy atom. The van der Waals surface area contributed by atoms with Crippen molar-refractivity contribution in [3.8, 4) is 5.75 Å². The number of ether oxygens (including phenoxy) is 1. The van der Waals surface area contributed by atoms with E-state index in [2.05, 4.69) is 9.89 Å². The number of piperazine rings is 1. The van der Waals surface area contributed by atoms with Gasteiger partial charge in [0.15, 0.2) is 5.17 Å². The van der Waals surface area contributed by atoms with E-state index in [0.29, 0.717) is 58.4 Å². The number of carbonyl (C=O) groups excluding carboxylic acids is 3. The maximum absolute atomic E-state index is 12.8. The molecule has 2 saturated heterocycles. The molecule has 0 saturated carbocycles. The predicted molar refractivity (Wildman–Crippen MR) is 174 cm³/mol. The minimum absolute atomic E-state index is 0.0436. The number of hydrogen-bond acceptors (Lipinski definition) is 8. The lowest BCUT2D eigenvalue weighted by molar-refractivity contribution is -0.132. The lowest BCUT2D eigenvalue weighted by atomic mass is 10.1. The highest BCUT2D eigenvalue weighted by molar-refractivity contribution is 8.26. The number of carbonyl (C=O) groups is 3. The lowest BCUT2D eigenvalue weighted by Crippen LogP contribution is -2.49. The van der Waals surface area contributed by atoms with Gasteiger partial charge in [0, 0.05) is 39.1 Å². The number of amidine groups is 1. The Labute approximate surface area is 259 Å². The summed E-state index contributed by atoms with van der Waals surface area (Å²) in [7, 11) is 1.62. The maximum atomic E-state index is 12.8. The largest absolute Gasteiger partial charge is 0.497 e. The van der Waals surface area contributed by atoms with Crippen molar-refractivity contribution in [2.45, 2.75) is 25.7 Å². The van der Waals surface area contributed by atoms with Crippen molar-refractivity contribution in [3.63, 3.8) is 0 Å². The molecule has 0 N–H and O–H groups in total. The minimum Gasteiger partial charge on any atom is -0.497 e. The Hall–Kier alpha value is -3.41. The van der Waals surface area contributed by atoms with Gasteiger partial charge in [-0.3, -0.25) is 19.3 Å². The molecule has 3 aliphatic heterocycles. The molecule has 0 aliphatic carbocycles.